The highest BCUT2D eigenvalue weighted by molar-refractivity contribution is 6.04. The zero-order chi connectivity index (χ0) is 23.6. The number of rotatable bonds is 4. The van der Waals surface area contributed by atoms with Gasteiger partial charge < -0.3 is 19.9 Å². The molecule has 1 amide bonds. The second-order valence-electron chi connectivity index (χ2n) is 7.60. The Kier molecular flexibility index (Phi) is 6.19. The number of hydrogen-bond donors (Lipinski definition) is 2. The molecule has 2 aromatic carbocycles. The zero-order valence-electron chi connectivity index (χ0n) is 17.7. The van der Waals surface area contributed by atoms with Crippen molar-refractivity contribution < 1.29 is 22.7 Å². The van der Waals surface area contributed by atoms with Crippen LogP contribution >= 0.6 is 0 Å². The van der Waals surface area contributed by atoms with Crippen LogP contribution in [0.25, 0.3) is 11.3 Å². The van der Waals surface area contributed by atoms with Gasteiger partial charge in [-0.25, -0.2) is 4.98 Å². The van der Waals surface area contributed by atoms with E-state index in [2.05, 4.69) is 15.3 Å². The smallest absolute Gasteiger partial charge is 0.378 e. The van der Waals surface area contributed by atoms with Crippen LogP contribution in [0, 0.1) is 6.92 Å². The summed E-state index contributed by atoms with van der Waals surface area (Å²) in [6, 6.07) is 9.31. The first-order valence-corrected chi connectivity index (χ1v) is 10.2. The Morgan fingerprint density at radius 2 is 1.91 bits per heavy atom. The van der Waals surface area contributed by atoms with Gasteiger partial charge in [-0.05, 0) is 42.8 Å². The number of amides is 1. The number of benzene rings is 2. The van der Waals surface area contributed by atoms with Crippen LogP contribution in [0.4, 0.5) is 24.7 Å². The van der Waals surface area contributed by atoms with E-state index >= 15 is 0 Å². The van der Waals surface area contributed by atoms with E-state index in [0.717, 1.165) is 17.7 Å². The predicted octanol–water partition coefficient (Wildman–Crippen LogP) is 3.85. The number of halogens is 3. The third-order valence-electron chi connectivity index (χ3n) is 5.30. The first kappa shape index (κ1) is 22.5. The number of nitrogens with zero attached hydrogens (tertiary/aromatic N) is 2. The molecule has 2 N–H and O–H groups in total. The molecule has 10 heteroatoms. The Morgan fingerprint density at radius 1 is 1.15 bits per heavy atom. The molecule has 2 heterocycles. The van der Waals surface area contributed by atoms with Gasteiger partial charge in [0.05, 0.1) is 24.5 Å². The van der Waals surface area contributed by atoms with E-state index in [4.69, 9.17) is 4.74 Å². The van der Waals surface area contributed by atoms with Crippen molar-refractivity contribution in [3.63, 3.8) is 0 Å². The first-order valence-electron chi connectivity index (χ1n) is 10.2. The second-order valence-corrected chi connectivity index (χ2v) is 7.60. The van der Waals surface area contributed by atoms with Crippen molar-refractivity contribution in [2.24, 2.45) is 0 Å². The van der Waals surface area contributed by atoms with Crippen LogP contribution in [0.3, 0.4) is 0 Å². The summed E-state index contributed by atoms with van der Waals surface area (Å²) in [6.45, 7) is 3.95. The highest BCUT2D eigenvalue weighted by Crippen LogP contribution is 2.30. The molecule has 1 aliphatic rings. The van der Waals surface area contributed by atoms with Gasteiger partial charge in [0.15, 0.2) is 5.82 Å². The number of ether oxygens (including phenoxy) is 1. The SMILES string of the molecule is Cc1ccc(NC(=O)c2cccc(C(F)(F)F)c2)cc1-c1c[nH]c(=O)c(N2CCOCC2)n1. The summed E-state index contributed by atoms with van der Waals surface area (Å²) in [4.78, 5) is 34.0. The molecule has 0 spiro atoms. The number of carbonyl (C=O) groups excluding carboxylic acids is 1. The minimum Gasteiger partial charge on any atom is -0.378 e. The lowest BCUT2D eigenvalue weighted by Gasteiger charge is -2.27. The maximum absolute atomic E-state index is 13.0. The average Bonchev–Trinajstić information content (AvgIpc) is 2.81. The minimum absolute atomic E-state index is 0.108. The fourth-order valence-corrected chi connectivity index (χ4v) is 3.54. The summed E-state index contributed by atoms with van der Waals surface area (Å²) in [5.41, 5.74) is 1.09. The number of hydrogen-bond acceptors (Lipinski definition) is 5. The number of nitrogens with one attached hydrogen (secondary N) is 2. The Hall–Kier alpha value is -3.66. The highest BCUT2D eigenvalue weighted by Gasteiger charge is 2.31. The minimum atomic E-state index is -4.54. The molecule has 1 aromatic heterocycles. The molecule has 1 aliphatic heterocycles. The predicted molar refractivity (Wildman–Crippen MR) is 117 cm³/mol. The lowest BCUT2D eigenvalue weighted by molar-refractivity contribution is -0.137. The molecule has 33 heavy (non-hydrogen) atoms. The Morgan fingerprint density at radius 3 is 2.64 bits per heavy atom. The molecule has 0 saturated carbocycles. The molecule has 0 atom stereocenters. The number of aromatic amines is 1. The fourth-order valence-electron chi connectivity index (χ4n) is 3.54. The van der Waals surface area contributed by atoms with Crippen molar-refractivity contribution in [1.29, 1.82) is 0 Å². The summed E-state index contributed by atoms with van der Waals surface area (Å²) in [5.74, 6) is -0.382. The fraction of sp³-hybridized carbons (Fsp3) is 0.261. The number of aryl methyl sites for hydroxylation is 1. The van der Waals surface area contributed by atoms with Gasteiger partial charge in [0.2, 0.25) is 0 Å². The van der Waals surface area contributed by atoms with Gasteiger partial charge >= 0.3 is 6.18 Å². The Bertz CT molecular complexity index is 1230. The number of anilines is 2. The molecule has 1 fully saturated rings. The lowest BCUT2D eigenvalue weighted by atomic mass is 10.0. The zero-order valence-corrected chi connectivity index (χ0v) is 17.7. The molecule has 1 saturated heterocycles. The van der Waals surface area contributed by atoms with Crippen LogP contribution in [0.15, 0.2) is 53.5 Å². The number of carbonyl (C=O) groups is 1. The van der Waals surface area contributed by atoms with Crippen LogP contribution in [-0.2, 0) is 10.9 Å². The van der Waals surface area contributed by atoms with Gasteiger partial charge in [-0.2, -0.15) is 13.2 Å². The van der Waals surface area contributed by atoms with Crippen molar-refractivity contribution in [3.8, 4) is 11.3 Å². The molecule has 0 radical (unpaired) electrons. The van der Waals surface area contributed by atoms with E-state index in [-0.39, 0.29) is 16.9 Å². The third kappa shape index (κ3) is 5.06. The summed E-state index contributed by atoms with van der Waals surface area (Å²) < 4.78 is 44.2. The van der Waals surface area contributed by atoms with Gasteiger partial charge in [-0.15, -0.1) is 0 Å². The van der Waals surface area contributed by atoms with Crippen LogP contribution in [0.5, 0.6) is 0 Å². The molecule has 4 rings (SSSR count). The number of morpholine rings is 1. The normalized spacial score (nSPS) is 14.2. The molecular weight excluding hydrogens is 437 g/mol. The number of H-pyrrole nitrogens is 1. The number of alkyl halides is 3. The molecule has 0 unspecified atom stereocenters. The molecular formula is C23H21F3N4O3. The Labute approximate surface area is 187 Å². The number of aromatic nitrogens is 2. The van der Waals surface area contributed by atoms with Gasteiger partial charge in [-0.1, -0.05) is 12.1 Å². The summed E-state index contributed by atoms with van der Waals surface area (Å²) in [6.07, 6.45) is -3.05. The van der Waals surface area contributed by atoms with E-state index in [1.54, 1.807) is 18.2 Å². The third-order valence-corrected chi connectivity index (χ3v) is 5.30. The van der Waals surface area contributed by atoms with Gasteiger partial charge in [-0.3, -0.25) is 9.59 Å². The molecule has 172 valence electrons. The van der Waals surface area contributed by atoms with E-state index < -0.39 is 17.6 Å². The molecule has 0 bridgehead atoms. The van der Waals surface area contributed by atoms with E-state index in [0.29, 0.717) is 43.2 Å². The maximum atomic E-state index is 13.0. The largest absolute Gasteiger partial charge is 0.416 e. The molecule has 3 aromatic rings. The van der Waals surface area contributed by atoms with Gasteiger partial charge in [0, 0.05) is 36.1 Å². The average molecular weight is 458 g/mol. The van der Waals surface area contributed by atoms with Crippen LogP contribution in [-0.4, -0.2) is 42.2 Å². The maximum Gasteiger partial charge on any atom is 0.416 e. The monoisotopic (exact) mass is 458 g/mol. The highest BCUT2D eigenvalue weighted by atomic mass is 19.4. The lowest BCUT2D eigenvalue weighted by Crippen LogP contribution is -2.40. The summed E-state index contributed by atoms with van der Waals surface area (Å²) >= 11 is 0. The second kappa shape index (κ2) is 9.07. The molecule has 7 nitrogen and oxygen atoms in total. The topological polar surface area (TPSA) is 87.3 Å². The van der Waals surface area contributed by atoms with E-state index in [1.807, 2.05) is 11.8 Å². The van der Waals surface area contributed by atoms with Gasteiger partial charge in [0.1, 0.15) is 0 Å². The van der Waals surface area contributed by atoms with Crippen molar-refractivity contribution in [3.05, 3.63) is 75.7 Å². The Balaban J connectivity index is 1.61. The van der Waals surface area contributed by atoms with Crippen LogP contribution in [0.2, 0.25) is 0 Å². The first-order chi connectivity index (χ1) is 15.7. The van der Waals surface area contributed by atoms with Crippen molar-refractivity contribution in [1.82, 2.24) is 9.97 Å². The van der Waals surface area contributed by atoms with Crippen LogP contribution in [0.1, 0.15) is 21.5 Å². The van der Waals surface area contributed by atoms with Crippen molar-refractivity contribution in [2.45, 2.75) is 13.1 Å². The van der Waals surface area contributed by atoms with Crippen molar-refractivity contribution in [2.75, 3.05) is 36.5 Å². The van der Waals surface area contributed by atoms with Crippen molar-refractivity contribution >= 4 is 17.4 Å². The van der Waals surface area contributed by atoms with E-state index in [1.165, 1.54) is 18.3 Å². The molecule has 0 aliphatic carbocycles. The quantitative estimate of drug-likeness (QED) is 0.620. The van der Waals surface area contributed by atoms with Crippen LogP contribution < -0.4 is 15.8 Å². The standard InChI is InChI=1S/C23H21F3N4O3/c1-14-5-6-17(28-21(31)15-3-2-4-16(11-15)23(24,25)26)12-18(14)19-13-27-22(32)20(29-19)30-7-9-33-10-8-30/h2-6,11-13H,7-10H2,1H3,(H,27,32)(H,28,31). The summed E-state index contributed by atoms with van der Waals surface area (Å²) in [5, 5.41) is 2.63. The van der Waals surface area contributed by atoms with E-state index in [9.17, 15) is 22.8 Å². The van der Waals surface area contributed by atoms with Gasteiger partial charge in [0.25, 0.3) is 11.5 Å². The summed E-state index contributed by atoms with van der Waals surface area (Å²) in [7, 11) is 0.